The molecule has 1 aromatic heterocycles. The summed E-state index contributed by atoms with van der Waals surface area (Å²) in [6.07, 6.45) is 0.687. The lowest BCUT2D eigenvalue weighted by Crippen LogP contribution is -1.86. The molecule has 0 radical (unpaired) electrons. The Hall–Kier alpha value is -1.42. The number of nitrogen functional groups attached to an aromatic ring is 1. The number of anilines is 1. The molecule has 0 atom stereocenters. The molecule has 4 heteroatoms. The Morgan fingerprint density at radius 1 is 1.36 bits per heavy atom. The first-order valence-corrected chi connectivity index (χ1v) is 4.97. The third-order valence-corrected chi connectivity index (χ3v) is 2.64. The molecule has 0 aliphatic carbocycles. The Morgan fingerprint density at radius 2 is 2.21 bits per heavy atom. The Bertz CT molecular complexity index is 439. The van der Waals surface area contributed by atoms with Crippen LogP contribution in [0.5, 0.6) is 0 Å². The van der Waals surface area contributed by atoms with Crippen molar-refractivity contribution in [3.05, 3.63) is 46.6 Å². The second kappa shape index (κ2) is 3.75. The van der Waals surface area contributed by atoms with Gasteiger partial charge in [-0.2, -0.15) is 4.37 Å². The summed E-state index contributed by atoms with van der Waals surface area (Å²) in [7, 11) is 0. The van der Waals surface area contributed by atoms with Gasteiger partial charge in [-0.25, -0.2) is 4.39 Å². The van der Waals surface area contributed by atoms with Gasteiger partial charge in [0.1, 0.15) is 11.6 Å². The number of nitrogens with two attached hydrogens (primary N) is 1. The van der Waals surface area contributed by atoms with E-state index in [1.165, 1.54) is 23.7 Å². The molecule has 0 aliphatic rings. The molecule has 72 valence electrons. The molecule has 0 amide bonds. The van der Waals surface area contributed by atoms with Gasteiger partial charge >= 0.3 is 0 Å². The van der Waals surface area contributed by atoms with E-state index in [4.69, 9.17) is 5.73 Å². The first-order valence-electron chi connectivity index (χ1n) is 4.19. The number of benzene rings is 1. The lowest BCUT2D eigenvalue weighted by molar-refractivity contribution is 0.626. The van der Waals surface area contributed by atoms with Gasteiger partial charge in [0.15, 0.2) is 0 Å². The average molecular weight is 208 g/mol. The van der Waals surface area contributed by atoms with Gasteiger partial charge in [-0.1, -0.05) is 12.1 Å². The number of rotatable bonds is 2. The first-order chi connectivity index (χ1) is 6.74. The Balaban J connectivity index is 2.18. The lowest BCUT2D eigenvalue weighted by Gasteiger charge is -1.97. The normalized spacial score (nSPS) is 10.4. The predicted octanol–water partition coefficient (Wildman–Crippen LogP) is 2.46. The quantitative estimate of drug-likeness (QED) is 0.823. The van der Waals surface area contributed by atoms with E-state index < -0.39 is 0 Å². The van der Waals surface area contributed by atoms with Gasteiger partial charge in [-0.15, -0.1) is 0 Å². The maximum Gasteiger partial charge on any atom is 0.137 e. The number of aromatic nitrogens is 1. The zero-order chi connectivity index (χ0) is 9.97. The third kappa shape index (κ3) is 2.09. The van der Waals surface area contributed by atoms with Crippen molar-refractivity contribution in [2.75, 3.05) is 5.73 Å². The van der Waals surface area contributed by atoms with E-state index in [0.29, 0.717) is 12.2 Å². The molecule has 1 aromatic carbocycles. The predicted molar refractivity (Wildman–Crippen MR) is 55.7 cm³/mol. The topological polar surface area (TPSA) is 38.9 Å². The van der Waals surface area contributed by atoms with Crippen molar-refractivity contribution in [1.29, 1.82) is 0 Å². The number of nitrogens with zero attached hydrogens (tertiary/aromatic N) is 1. The minimum absolute atomic E-state index is 0.208. The molecule has 14 heavy (non-hydrogen) atoms. The molecule has 1 heterocycles. The van der Waals surface area contributed by atoms with Gasteiger partial charge in [0.2, 0.25) is 0 Å². The first kappa shape index (κ1) is 9.15. The maximum atomic E-state index is 12.8. The third-order valence-electron chi connectivity index (χ3n) is 1.84. The summed E-state index contributed by atoms with van der Waals surface area (Å²) >= 11 is 1.35. The van der Waals surface area contributed by atoms with E-state index in [1.807, 2.05) is 12.1 Å². The molecule has 0 aliphatic heterocycles. The van der Waals surface area contributed by atoms with Crippen LogP contribution in [0.2, 0.25) is 0 Å². The largest absolute Gasteiger partial charge is 0.383 e. The number of halogens is 1. The summed E-state index contributed by atoms with van der Waals surface area (Å²) in [4.78, 5) is 1.05. The molecule has 0 spiro atoms. The van der Waals surface area contributed by atoms with Crippen molar-refractivity contribution in [2.24, 2.45) is 0 Å². The molecule has 0 bridgehead atoms. The minimum atomic E-state index is -0.208. The highest BCUT2D eigenvalue weighted by Gasteiger charge is 2.01. The van der Waals surface area contributed by atoms with Crippen LogP contribution < -0.4 is 5.73 Å². The van der Waals surface area contributed by atoms with Gasteiger partial charge in [0, 0.05) is 11.3 Å². The number of hydrogen-bond donors (Lipinski definition) is 1. The van der Waals surface area contributed by atoms with Crippen LogP contribution in [0.4, 0.5) is 10.2 Å². The van der Waals surface area contributed by atoms with Crippen LogP contribution in [0, 0.1) is 5.82 Å². The lowest BCUT2D eigenvalue weighted by atomic mass is 10.1. The fourth-order valence-electron chi connectivity index (χ4n) is 1.26. The maximum absolute atomic E-state index is 12.8. The highest BCUT2D eigenvalue weighted by molar-refractivity contribution is 7.06. The summed E-state index contributed by atoms with van der Waals surface area (Å²) in [5.74, 6) is 0.321. The summed E-state index contributed by atoms with van der Waals surface area (Å²) in [5.41, 5.74) is 6.43. The van der Waals surface area contributed by atoms with Gasteiger partial charge in [0.25, 0.3) is 0 Å². The van der Waals surface area contributed by atoms with Crippen molar-refractivity contribution < 1.29 is 4.39 Å². The highest BCUT2D eigenvalue weighted by atomic mass is 32.1. The van der Waals surface area contributed by atoms with E-state index in [2.05, 4.69) is 4.37 Å². The summed E-state index contributed by atoms with van der Waals surface area (Å²) in [5, 5.41) is 0. The van der Waals surface area contributed by atoms with Crippen LogP contribution in [0.1, 0.15) is 10.4 Å². The standard InChI is InChI=1S/C10H9FN2S/c11-8-3-1-2-7(4-8)5-9-6-10(12)13-14-9/h1-4,6H,5H2,(H2,12,13). The molecule has 0 saturated carbocycles. The van der Waals surface area contributed by atoms with Crippen molar-refractivity contribution in [1.82, 2.24) is 4.37 Å². The van der Waals surface area contributed by atoms with Crippen LogP contribution in [-0.2, 0) is 6.42 Å². The molecule has 0 fully saturated rings. The summed E-state index contributed by atoms with van der Waals surface area (Å²) in [6.45, 7) is 0. The molecule has 2 aromatic rings. The average Bonchev–Trinajstić information content (AvgIpc) is 2.51. The van der Waals surface area contributed by atoms with Gasteiger partial charge in [-0.3, -0.25) is 0 Å². The number of hydrogen-bond acceptors (Lipinski definition) is 3. The molecule has 2 N–H and O–H groups in total. The van der Waals surface area contributed by atoms with E-state index in [-0.39, 0.29) is 5.82 Å². The van der Waals surface area contributed by atoms with Gasteiger partial charge in [0.05, 0.1) is 0 Å². The van der Waals surface area contributed by atoms with Crippen LogP contribution in [0.15, 0.2) is 30.3 Å². The Morgan fingerprint density at radius 3 is 2.86 bits per heavy atom. The van der Waals surface area contributed by atoms with Crippen LogP contribution >= 0.6 is 11.5 Å². The van der Waals surface area contributed by atoms with E-state index in [1.54, 1.807) is 6.07 Å². The molecular formula is C10H9FN2S. The van der Waals surface area contributed by atoms with E-state index in [0.717, 1.165) is 10.4 Å². The second-order valence-electron chi connectivity index (χ2n) is 3.02. The SMILES string of the molecule is Nc1cc(Cc2cccc(F)c2)sn1. The molecule has 0 unspecified atom stereocenters. The van der Waals surface area contributed by atoms with Crippen molar-refractivity contribution >= 4 is 17.4 Å². The second-order valence-corrected chi connectivity index (χ2v) is 3.91. The van der Waals surface area contributed by atoms with Gasteiger partial charge < -0.3 is 5.73 Å². The van der Waals surface area contributed by atoms with Gasteiger partial charge in [-0.05, 0) is 35.3 Å². The smallest absolute Gasteiger partial charge is 0.137 e. The summed E-state index contributed by atoms with van der Waals surface area (Å²) < 4.78 is 16.8. The molecule has 2 nitrogen and oxygen atoms in total. The van der Waals surface area contributed by atoms with Crippen molar-refractivity contribution in [3.63, 3.8) is 0 Å². The van der Waals surface area contributed by atoms with Crippen molar-refractivity contribution in [3.8, 4) is 0 Å². The van der Waals surface area contributed by atoms with Crippen LogP contribution in [0.25, 0.3) is 0 Å². The molecule has 2 rings (SSSR count). The summed E-state index contributed by atoms with van der Waals surface area (Å²) in [6, 6.07) is 8.37. The van der Waals surface area contributed by atoms with Crippen LogP contribution in [0.3, 0.4) is 0 Å². The fourth-order valence-corrected chi connectivity index (χ4v) is 1.94. The monoisotopic (exact) mass is 208 g/mol. The van der Waals surface area contributed by atoms with Crippen molar-refractivity contribution in [2.45, 2.75) is 6.42 Å². The molecular weight excluding hydrogens is 199 g/mol. The van der Waals surface area contributed by atoms with E-state index in [9.17, 15) is 4.39 Å². The van der Waals surface area contributed by atoms with E-state index >= 15 is 0 Å². The Kier molecular flexibility index (Phi) is 2.45. The minimum Gasteiger partial charge on any atom is -0.383 e. The fraction of sp³-hybridized carbons (Fsp3) is 0.100. The van der Waals surface area contributed by atoms with Crippen LogP contribution in [-0.4, -0.2) is 4.37 Å². The Labute approximate surface area is 85.4 Å². The highest BCUT2D eigenvalue weighted by Crippen LogP contribution is 2.16. The molecule has 0 saturated heterocycles. The zero-order valence-corrected chi connectivity index (χ0v) is 8.22. The zero-order valence-electron chi connectivity index (χ0n) is 7.40.